The van der Waals surface area contributed by atoms with Crippen molar-refractivity contribution in [2.75, 3.05) is 18.5 Å². The number of amides is 1. The molecule has 1 heterocycles. The van der Waals surface area contributed by atoms with Crippen molar-refractivity contribution in [1.82, 2.24) is 4.72 Å². The first-order chi connectivity index (χ1) is 15.4. The highest BCUT2D eigenvalue weighted by Gasteiger charge is 2.23. The second kappa shape index (κ2) is 10.2. The number of anilines is 1. The summed E-state index contributed by atoms with van der Waals surface area (Å²) in [5, 5.41) is 2.83. The van der Waals surface area contributed by atoms with Crippen LogP contribution in [0, 0.1) is 0 Å². The van der Waals surface area contributed by atoms with E-state index in [0.29, 0.717) is 12.3 Å². The van der Waals surface area contributed by atoms with E-state index in [4.69, 9.17) is 21.1 Å². The third-order valence-corrected chi connectivity index (χ3v) is 7.63. The Morgan fingerprint density at radius 2 is 1.81 bits per heavy atom. The van der Waals surface area contributed by atoms with Crippen molar-refractivity contribution in [1.29, 1.82) is 0 Å². The molecule has 0 aromatic heterocycles. The molecule has 172 valence electrons. The quantitative estimate of drug-likeness (QED) is 0.587. The number of sulfonamides is 1. The van der Waals surface area contributed by atoms with E-state index >= 15 is 0 Å². The molecule has 7 nitrogen and oxygen atoms in total. The molecule has 1 amide bonds. The zero-order valence-corrected chi connectivity index (χ0v) is 19.3. The molecule has 2 aliphatic rings. The standard InChI is InChI=1S/C23H27ClN2O5S/c24-21-12-7-16(14-22(21)32(28,29)25-15-20-6-3-13-30-20)23(27)26-17-8-10-19(11-9-17)31-18-4-1-2-5-18/h7-12,14,18,20,25H,1-6,13,15H2,(H,26,27). The van der Waals surface area contributed by atoms with Gasteiger partial charge in [-0.2, -0.15) is 0 Å². The molecule has 2 aromatic rings. The van der Waals surface area contributed by atoms with Crippen LogP contribution in [0.15, 0.2) is 47.4 Å². The van der Waals surface area contributed by atoms with Crippen molar-refractivity contribution < 1.29 is 22.7 Å². The molecular formula is C23H27ClN2O5S. The minimum absolute atomic E-state index is 0.0507. The molecule has 0 bridgehead atoms. The zero-order chi connectivity index (χ0) is 22.6. The van der Waals surface area contributed by atoms with Gasteiger partial charge in [0, 0.05) is 24.4 Å². The molecule has 2 aromatic carbocycles. The fraction of sp³-hybridized carbons (Fsp3) is 0.435. The van der Waals surface area contributed by atoms with Gasteiger partial charge in [-0.3, -0.25) is 4.79 Å². The summed E-state index contributed by atoms with van der Waals surface area (Å²) in [7, 11) is -3.88. The van der Waals surface area contributed by atoms with Crippen molar-refractivity contribution >= 4 is 33.2 Å². The summed E-state index contributed by atoms with van der Waals surface area (Å²) < 4.78 is 39.4. The smallest absolute Gasteiger partial charge is 0.255 e. The first kappa shape index (κ1) is 23.0. The zero-order valence-electron chi connectivity index (χ0n) is 17.7. The van der Waals surface area contributed by atoms with Gasteiger partial charge in [-0.1, -0.05) is 11.6 Å². The molecule has 2 N–H and O–H groups in total. The summed E-state index contributed by atoms with van der Waals surface area (Å²) in [6, 6.07) is 11.4. The highest BCUT2D eigenvalue weighted by atomic mass is 35.5. The highest BCUT2D eigenvalue weighted by Crippen LogP contribution is 2.26. The maximum atomic E-state index is 12.7. The minimum Gasteiger partial charge on any atom is -0.490 e. The van der Waals surface area contributed by atoms with Gasteiger partial charge in [-0.05, 0) is 81.0 Å². The first-order valence-electron chi connectivity index (χ1n) is 10.9. The van der Waals surface area contributed by atoms with Gasteiger partial charge in [0.1, 0.15) is 10.6 Å². The van der Waals surface area contributed by atoms with E-state index in [1.165, 1.54) is 31.0 Å². The second-order valence-corrected chi connectivity index (χ2v) is 10.3. The third kappa shape index (κ3) is 5.81. The first-order valence-corrected chi connectivity index (χ1v) is 12.8. The fourth-order valence-electron chi connectivity index (χ4n) is 3.96. The van der Waals surface area contributed by atoms with Crippen LogP contribution in [0.3, 0.4) is 0 Å². The van der Waals surface area contributed by atoms with Crippen LogP contribution >= 0.6 is 11.6 Å². The summed E-state index contributed by atoms with van der Waals surface area (Å²) >= 11 is 6.13. The van der Waals surface area contributed by atoms with Crippen molar-refractivity contribution in [2.45, 2.75) is 55.6 Å². The summed E-state index contributed by atoms with van der Waals surface area (Å²) in [6.07, 6.45) is 6.38. The number of rotatable bonds is 8. The van der Waals surface area contributed by atoms with E-state index in [-0.39, 0.29) is 34.2 Å². The minimum atomic E-state index is -3.88. The number of hydrogen-bond acceptors (Lipinski definition) is 5. The van der Waals surface area contributed by atoms with E-state index in [0.717, 1.165) is 31.4 Å². The lowest BCUT2D eigenvalue weighted by Gasteiger charge is -2.14. The summed E-state index contributed by atoms with van der Waals surface area (Å²) in [5.41, 5.74) is 0.780. The van der Waals surface area contributed by atoms with Gasteiger partial charge in [0.15, 0.2) is 0 Å². The van der Waals surface area contributed by atoms with Crippen molar-refractivity contribution in [2.24, 2.45) is 0 Å². The average molecular weight is 479 g/mol. The summed E-state index contributed by atoms with van der Waals surface area (Å²) in [4.78, 5) is 12.6. The van der Waals surface area contributed by atoms with E-state index in [2.05, 4.69) is 10.0 Å². The van der Waals surface area contributed by atoms with Gasteiger partial charge in [-0.15, -0.1) is 0 Å². The van der Waals surface area contributed by atoms with Crippen LogP contribution in [0.4, 0.5) is 5.69 Å². The van der Waals surface area contributed by atoms with Crippen LogP contribution in [-0.4, -0.2) is 39.7 Å². The molecule has 0 radical (unpaired) electrons. The molecule has 1 aliphatic carbocycles. The van der Waals surface area contributed by atoms with Crippen molar-refractivity contribution in [3.8, 4) is 5.75 Å². The van der Waals surface area contributed by atoms with Crippen LogP contribution in [0.1, 0.15) is 48.9 Å². The maximum Gasteiger partial charge on any atom is 0.255 e. The second-order valence-electron chi connectivity index (χ2n) is 8.13. The van der Waals surface area contributed by atoms with Gasteiger partial charge < -0.3 is 14.8 Å². The Labute approximate surface area is 193 Å². The Morgan fingerprint density at radius 1 is 1.06 bits per heavy atom. The van der Waals surface area contributed by atoms with Crippen molar-refractivity contribution in [3.63, 3.8) is 0 Å². The lowest BCUT2D eigenvalue weighted by molar-refractivity contribution is 0.102. The Balaban J connectivity index is 1.41. The fourth-order valence-corrected chi connectivity index (χ4v) is 5.54. The normalized spacial score (nSPS) is 19.2. The number of ether oxygens (including phenoxy) is 2. The molecule has 32 heavy (non-hydrogen) atoms. The Morgan fingerprint density at radius 3 is 2.50 bits per heavy atom. The summed E-state index contributed by atoms with van der Waals surface area (Å²) in [5.74, 6) is 0.341. The number of benzene rings is 2. The average Bonchev–Trinajstić information content (AvgIpc) is 3.48. The molecule has 1 aliphatic heterocycles. The van der Waals surface area contributed by atoms with E-state index in [1.807, 2.05) is 12.1 Å². The molecule has 1 saturated carbocycles. The molecule has 2 fully saturated rings. The van der Waals surface area contributed by atoms with E-state index < -0.39 is 15.9 Å². The van der Waals surface area contributed by atoms with Gasteiger partial charge in [0.2, 0.25) is 10.0 Å². The number of carbonyl (C=O) groups excluding carboxylic acids is 1. The topological polar surface area (TPSA) is 93.7 Å². The lowest BCUT2D eigenvalue weighted by atomic mass is 10.2. The molecule has 1 unspecified atom stereocenters. The van der Waals surface area contributed by atoms with Crippen molar-refractivity contribution in [3.05, 3.63) is 53.1 Å². The summed E-state index contributed by atoms with van der Waals surface area (Å²) in [6.45, 7) is 0.806. The number of nitrogens with one attached hydrogen (secondary N) is 2. The van der Waals surface area contributed by atoms with Gasteiger partial charge in [-0.25, -0.2) is 13.1 Å². The van der Waals surface area contributed by atoms with Gasteiger partial charge in [0.05, 0.1) is 17.2 Å². The van der Waals surface area contributed by atoms with Crippen LogP contribution in [-0.2, 0) is 14.8 Å². The maximum absolute atomic E-state index is 12.7. The molecule has 0 spiro atoms. The molecular weight excluding hydrogens is 452 g/mol. The molecule has 1 atom stereocenters. The SMILES string of the molecule is O=C(Nc1ccc(OC2CCCC2)cc1)c1ccc(Cl)c(S(=O)(=O)NCC2CCCO2)c1. The largest absolute Gasteiger partial charge is 0.490 e. The van der Waals surface area contributed by atoms with Crippen LogP contribution in [0.25, 0.3) is 0 Å². The number of carbonyl (C=O) groups is 1. The lowest BCUT2D eigenvalue weighted by Crippen LogP contribution is -2.32. The highest BCUT2D eigenvalue weighted by molar-refractivity contribution is 7.89. The van der Waals surface area contributed by atoms with Crippen LogP contribution in [0.5, 0.6) is 5.75 Å². The third-order valence-electron chi connectivity index (χ3n) is 5.73. The molecule has 9 heteroatoms. The Hall–Kier alpha value is -2.13. The predicted molar refractivity (Wildman–Crippen MR) is 123 cm³/mol. The number of halogens is 1. The van der Waals surface area contributed by atoms with E-state index in [9.17, 15) is 13.2 Å². The van der Waals surface area contributed by atoms with Crippen LogP contribution < -0.4 is 14.8 Å². The van der Waals surface area contributed by atoms with Gasteiger partial charge >= 0.3 is 0 Å². The number of hydrogen-bond donors (Lipinski definition) is 2. The Kier molecular flexibility index (Phi) is 7.35. The van der Waals surface area contributed by atoms with Gasteiger partial charge in [0.25, 0.3) is 5.91 Å². The van der Waals surface area contributed by atoms with E-state index in [1.54, 1.807) is 12.1 Å². The van der Waals surface area contributed by atoms with Crippen LogP contribution in [0.2, 0.25) is 5.02 Å². The molecule has 1 saturated heterocycles. The molecule has 4 rings (SSSR count). The Bertz CT molecular complexity index is 1050. The predicted octanol–water partition coefficient (Wildman–Crippen LogP) is 4.37. The monoisotopic (exact) mass is 478 g/mol.